The molecule has 0 aliphatic heterocycles. The zero-order valence-electron chi connectivity index (χ0n) is 15.1. The van der Waals surface area contributed by atoms with Crippen LogP contribution in [0.5, 0.6) is 11.5 Å². The summed E-state index contributed by atoms with van der Waals surface area (Å²) in [5.41, 5.74) is -0.455. The van der Waals surface area contributed by atoms with Crippen molar-refractivity contribution >= 4 is 34.8 Å². The van der Waals surface area contributed by atoms with Gasteiger partial charge in [0.25, 0.3) is 0 Å². The van der Waals surface area contributed by atoms with Crippen molar-refractivity contribution in [2.75, 3.05) is 24.9 Å². The average molecular weight is 377 g/mol. The number of halogens is 1. The molecule has 26 heavy (non-hydrogen) atoms. The van der Waals surface area contributed by atoms with Gasteiger partial charge in [0.15, 0.2) is 0 Å². The molecule has 0 unspecified atom stereocenters. The summed E-state index contributed by atoms with van der Waals surface area (Å²) in [5.74, 6) is 0.0664. The van der Waals surface area contributed by atoms with E-state index in [-0.39, 0.29) is 0 Å². The lowest BCUT2D eigenvalue weighted by Gasteiger charge is -2.23. The summed E-state index contributed by atoms with van der Waals surface area (Å²) in [6.45, 7) is 3.06. The summed E-state index contributed by atoms with van der Waals surface area (Å²) in [6, 6.07) is 11.8. The first kappa shape index (κ1) is 19.6. The van der Waals surface area contributed by atoms with Crippen molar-refractivity contribution in [3.63, 3.8) is 0 Å². The van der Waals surface area contributed by atoms with Gasteiger partial charge in [0.05, 0.1) is 30.6 Å². The maximum absolute atomic E-state index is 12.7. The highest BCUT2D eigenvalue weighted by Crippen LogP contribution is 2.31. The predicted molar refractivity (Wildman–Crippen MR) is 102 cm³/mol. The number of nitrogens with one attached hydrogen (secondary N) is 2. The standard InChI is InChI=1S/C19H21ClN2O4/c1-19(2,17(23)21-14-8-6-5-7-13(14)20)18(24)22-15-10-9-12(25-3)11-16(15)26-4/h5-11H,1-4H3,(H,21,23)(H,22,24). The molecule has 0 aliphatic carbocycles. The van der Waals surface area contributed by atoms with Gasteiger partial charge in [-0.1, -0.05) is 23.7 Å². The highest BCUT2D eigenvalue weighted by molar-refractivity contribution is 6.34. The molecule has 0 aliphatic rings. The normalized spacial score (nSPS) is 10.8. The molecule has 2 aromatic carbocycles. The number of ether oxygens (including phenoxy) is 2. The molecule has 0 atom stereocenters. The number of hydrogen-bond acceptors (Lipinski definition) is 4. The van der Waals surface area contributed by atoms with Crippen LogP contribution in [-0.4, -0.2) is 26.0 Å². The number of hydrogen-bond donors (Lipinski definition) is 2. The van der Waals surface area contributed by atoms with Gasteiger partial charge in [-0.2, -0.15) is 0 Å². The van der Waals surface area contributed by atoms with Crippen molar-refractivity contribution < 1.29 is 19.1 Å². The van der Waals surface area contributed by atoms with Gasteiger partial charge in [-0.05, 0) is 38.1 Å². The van der Waals surface area contributed by atoms with E-state index in [0.29, 0.717) is 27.9 Å². The first-order valence-corrected chi connectivity index (χ1v) is 8.27. The molecule has 0 bridgehead atoms. The molecule has 0 spiro atoms. The fraction of sp³-hybridized carbons (Fsp3) is 0.263. The van der Waals surface area contributed by atoms with Gasteiger partial charge >= 0.3 is 0 Å². The molecule has 7 heteroatoms. The Balaban J connectivity index is 2.17. The topological polar surface area (TPSA) is 76.7 Å². The minimum absolute atomic E-state index is 0.397. The largest absolute Gasteiger partial charge is 0.497 e. The lowest BCUT2D eigenvalue weighted by atomic mass is 9.90. The Bertz CT molecular complexity index is 821. The molecule has 2 amide bonds. The second kappa shape index (κ2) is 8.10. The van der Waals surface area contributed by atoms with Crippen LogP contribution in [-0.2, 0) is 9.59 Å². The van der Waals surface area contributed by atoms with E-state index in [2.05, 4.69) is 10.6 Å². The highest BCUT2D eigenvalue weighted by atomic mass is 35.5. The van der Waals surface area contributed by atoms with E-state index in [1.54, 1.807) is 42.5 Å². The minimum atomic E-state index is -1.34. The van der Waals surface area contributed by atoms with Crippen LogP contribution < -0.4 is 20.1 Å². The lowest BCUT2D eigenvalue weighted by Crippen LogP contribution is -2.41. The van der Waals surface area contributed by atoms with Crippen LogP contribution in [0.3, 0.4) is 0 Å². The van der Waals surface area contributed by atoms with E-state index in [4.69, 9.17) is 21.1 Å². The summed E-state index contributed by atoms with van der Waals surface area (Å²) in [4.78, 5) is 25.3. The SMILES string of the molecule is COc1ccc(NC(=O)C(C)(C)C(=O)Nc2ccccc2Cl)c(OC)c1. The zero-order chi connectivity index (χ0) is 19.3. The molecule has 6 nitrogen and oxygen atoms in total. The Labute approximate surface area is 157 Å². The summed E-state index contributed by atoms with van der Waals surface area (Å²) >= 11 is 6.05. The lowest BCUT2D eigenvalue weighted by molar-refractivity contribution is -0.135. The van der Waals surface area contributed by atoms with Crippen LogP contribution in [0.4, 0.5) is 11.4 Å². The Hall–Kier alpha value is -2.73. The fourth-order valence-corrected chi connectivity index (χ4v) is 2.31. The number of rotatable bonds is 6. The van der Waals surface area contributed by atoms with Gasteiger partial charge in [-0.15, -0.1) is 0 Å². The number of para-hydroxylation sites is 1. The number of carbonyl (C=O) groups is 2. The van der Waals surface area contributed by atoms with E-state index in [9.17, 15) is 9.59 Å². The molecule has 0 radical (unpaired) electrons. The van der Waals surface area contributed by atoms with Gasteiger partial charge in [0, 0.05) is 6.07 Å². The number of carbonyl (C=O) groups excluding carboxylic acids is 2. The first-order valence-electron chi connectivity index (χ1n) is 7.89. The fourth-order valence-electron chi connectivity index (χ4n) is 2.12. The average Bonchev–Trinajstić information content (AvgIpc) is 2.63. The molecule has 138 valence electrons. The van der Waals surface area contributed by atoms with E-state index < -0.39 is 17.2 Å². The third-order valence-electron chi connectivity index (χ3n) is 3.91. The Kier molecular flexibility index (Phi) is 6.10. The molecule has 0 heterocycles. The predicted octanol–water partition coefficient (Wildman–Crippen LogP) is 3.96. The van der Waals surface area contributed by atoms with E-state index >= 15 is 0 Å². The van der Waals surface area contributed by atoms with Crippen LogP contribution in [0, 0.1) is 5.41 Å². The summed E-state index contributed by atoms with van der Waals surface area (Å²) in [7, 11) is 3.02. The van der Waals surface area contributed by atoms with Crippen molar-refractivity contribution in [2.45, 2.75) is 13.8 Å². The quantitative estimate of drug-likeness (QED) is 0.748. The minimum Gasteiger partial charge on any atom is -0.497 e. The summed E-state index contributed by atoms with van der Waals surface area (Å²) < 4.78 is 10.4. The van der Waals surface area contributed by atoms with Crippen molar-refractivity contribution in [2.24, 2.45) is 5.41 Å². The zero-order valence-corrected chi connectivity index (χ0v) is 15.8. The van der Waals surface area contributed by atoms with E-state index in [1.165, 1.54) is 28.1 Å². The third-order valence-corrected chi connectivity index (χ3v) is 4.24. The maximum Gasteiger partial charge on any atom is 0.239 e. The molecule has 0 aromatic heterocycles. The van der Waals surface area contributed by atoms with E-state index in [1.807, 2.05) is 0 Å². The number of anilines is 2. The van der Waals surface area contributed by atoms with Gasteiger partial charge in [-0.3, -0.25) is 9.59 Å². The maximum atomic E-state index is 12.7. The molecular weight excluding hydrogens is 356 g/mol. The van der Waals surface area contributed by atoms with Crippen LogP contribution in [0.15, 0.2) is 42.5 Å². The van der Waals surface area contributed by atoms with Crippen LogP contribution >= 0.6 is 11.6 Å². The van der Waals surface area contributed by atoms with Crippen LogP contribution in [0.1, 0.15) is 13.8 Å². The number of methoxy groups -OCH3 is 2. The second-order valence-electron chi connectivity index (χ2n) is 6.08. The monoisotopic (exact) mass is 376 g/mol. The number of benzene rings is 2. The van der Waals surface area contributed by atoms with Gasteiger partial charge in [0.2, 0.25) is 11.8 Å². The van der Waals surface area contributed by atoms with Gasteiger partial charge in [-0.25, -0.2) is 0 Å². The first-order chi connectivity index (χ1) is 12.3. The van der Waals surface area contributed by atoms with Crippen LogP contribution in [0.2, 0.25) is 5.02 Å². The highest BCUT2D eigenvalue weighted by Gasteiger charge is 2.36. The summed E-state index contributed by atoms with van der Waals surface area (Å²) in [5, 5.41) is 5.80. The molecular formula is C19H21ClN2O4. The second-order valence-corrected chi connectivity index (χ2v) is 6.49. The number of amides is 2. The van der Waals surface area contributed by atoms with Crippen molar-refractivity contribution in [1.82, 2.24) is 0 Å². The summed E-state index contributed by atoms with van der Waals surface area (Å²) in [6.07, 6.45) is 0. The van der Waals surface area contributed by atoms with Crippen molar-refractivity contribution in [1.29, 1.82) is 0 Å². The van der Waals surface area contributed by atoms with Crippen molar-refractivity contribution in [3.8, 4) is 11.5 Å². The molecule has 0 saturated heterocycles. The molecule has 0 fully saturated rings. The Morgan fingerprint density at radius 1 is 0.923 bits per heavy atom. The van der Waals surface area contributed by atoms with Gasteiger partial charge < -0.3 is 20.1 Å². The molecule has 2 N–H and O–H groups in total. The van der Waals surface area contributed by atoms with Crippen molar-refractivity contribution in [3.05, 3.63) is 47.5 Å². The molecule has 2 aromatic rings. The Morgan fingerprint density at radius 3 is 2.12 bits per heavy atom. The third kappa shape index (κ3) is 4.26. The van der Waals surface area contributed by atoms with E-state index in [0.717, 1.165) is 0 Å². The van der Waals surface area contributed by atoms with Gasteiger partial charge in [0.1, 0.15) is 16.9 Å². The Morgan fingerprint density at radius 2 is 1.54 bits per heavy atom. The molecule has 0 saturated carbocycles. The van der Waals surface area contributed by atoms with Crippen LogP contribution in [0.25, 0.3) is 0 Å². The molecule has 2 rings (SSSR count). The smallest absolute Gasteiger partial charge is 0.239 e.